The molecule has 1 amide bonds. The molecule has 0 heterocycles. The van der Waals surface area contributed by atoms with E-state index in [0.717, 1.165) is 19.4 Å². The predicted molar refractivity (Wildman–Crippen MR) is 78.5 cm³/mol. The first kappa shape index (κ1) is 15.3. The Morgan fingerprint density at radius 1 is 1.35 bits per heavy atom. The average molecular weight is 316 g/mol. The van der Waals surface area contributed by atoms with E-state index in [1.165, 1.54) is 18.6 Å². The van der Waals surface area contributed by atoms with Crippen LogP contribution >= 0.6 is 10.7 Å². The summed E-state index contributed by atoms with van der Waals surface area (Å²) in [6.07, 6.45) is 3.55. The highest BCUT2D eigenvalue weighted by molar-refractivity contribution is 8.13. The molecule has 1 aromatic carbocycles. The van der Waals surface area contributed by atoms with Gasteiger partial charge in [-0.2, -0.15) is 0 Å². The van der Waals surface area contributed by atoms with E-state index in [1.54, 1.807) is 24.9 Å². The van der Waals surface area contributed by atoms with Crippen LogP contribution in [0, 0.1) is 12.8 Å². The number of aryl methyl sites for hydroxylation is 1. The van der Waals surface area contributed by atoms with Crippen LogP contribution in [0.4, 0.5) is 0 Å². The number of carbonyl (C=O) groups excluding carboxylic acids is 1. The van der Waals surface area contributed by atoms with Crippen LogP contribution in [0.5, 0.6) is 0 Å². The molecule has 1 aromatic rings. The van der Waals surface area contributed by atoms with Crippen LogP contribution in [0.1, 0.15) is 35.2 Å². The Morgan fingerprint density at radius 3 is 2.50 bits per heavy atom. The maximum absolute atomic E-state index is 12.3. The fourth-order valence-corrected chi connectivity index (χ4v) is 3.24. The molecule has 0 N–H and O–H groups in total. The fraction of sp³-hybridized carbons (Fsp3) is 0.500. The van der Waals surface area contributed by atoms with Gasteiger partial charge < -0.3 is 4.90 Å². The van der Waals surface area contributed by atoms with Crippen LogP contribution in [0.2, 0.25) is 0 Å². The van der Waals surface area contributed by atoms with Crippen LogP contribution in [0.25, 0.3) is 0 Å². The summed E-state index contributed by atoms with van der Waals surface area (Å²) in [5, 5.41) is 0. The quantitative estimate of drug-likeness (QED) is 0.803. The minimum Gasteiger partial charge on any atom is -0.341 e. The lowest BCUT2D eigenvalue weighted by molar-refractivity contribution is 0.0745. The Hall–Kier alpha value is -1.07. The molecule has 1 saturated carbocycles. The van der Waals surface area contributed by atoms with Crippen molar-refractivity contribution in [2.24, 2.45) is 5.92 Å². The minimum atomic E-state index is -3.82. The van der Waals surface area contributed by atoms with Crippen molar-refractivity contribution in [1.82, 2.24) is 4.90 Å². The second kappa shape index (κ2) is 5.74. The van der Waals surface area contributed by atoms with Crippen LogP contribution in [0.15, 0.2) is 23.1 Å². The van der Waals surface area contributed by atoms with E-state index in [-0.39, 0.29) is 10.8 Å². The van der Waals surface area contributed by atoms with Gasteiger partial charge in [0.2, 0.25) is 0 Å². The molecule has 0 unspecified atom stereocenters. The topological polar surface area (TPSA) is 54.5 Å². The highest BCUT2D eigenvalue weighted by Crippen LogP contribution is 2.27. The molecular formula is C14H18ClNO3S. The summed E-state index contributed by atoms with van der Waals surface area (Å²) in [4.78, 5) is 14.0. The minimum absolute atomic E-state index is 0.0282. The van der Waals surface area contributed by atoms with Gasteiger partial charge in [-0.1, -0.05) is 6.42 Å². The second-order valence-electron chi connectivity index (χ2n) is 5.46. The van der Waals surface area contributed by atoms with Crippen molar-refractivity contribution in [3.05, 3.63) is 29.3 Å². The molecule has 0 spiro atoms. The van der Waals surface area contributed by atoms with Gasteiger partial charge >= 0.3 is 0 Å². The summed E-state index contributed by atoms with van der Waals surface area (Å²) in [5.74, 6) is 0.409. The van der Waals surface area contributed by atoms with Crippen molar-refractivity contribution >= 4 is 25.6 Å². The summed E-state index contributed by atoms with van der Waals surface area (Å²) < 4.78 is 22.8. The zero-order valence-corrected chi connectivity index (χ0v) is 13.2. The molecule has 1 aliphatic rings. The van der Waals surface area contributed by atoms with E-state index in [0.29, 0.717) is 17.0 Å². The Bertz CT molecular complexity index is 623. The third-order valence-electron chi connectivity index (χ3n) is 3.68. The zero-order valence-electron chi connectivity index (χ0n) is 11.6. The van der Waals surface area contributed by atoms with Crippen LogP contribution in [-0.2, 0) is 9.05 Å². The molecule has 0 aromatic heterocycles. The lowest BCUT2D eigenvalue weighted by atomic mass is 9.85. The number of carbonyl (C=O) groups is 1. The van der Waals surface area contributed by atoms with Gasteiger partial charge in [-0.25, -0.2) is 8.42 Å². The molecule has 0 saturated heterocycles. The molecule has 0 bridgehead atoms. The van der Waals surface area contributed by atoms with E-state index in [2.05, 4.69) is 0 Å². The number of hydrogen-bond donors (Lipinski definition) is 0. The van der Waals surface area contributed by atoms with Gasteiger partial charge in [0.05, 0.1) is 4.90 Å². The number of halogens is 1. The monoisotopic (exact) mass is 315 g/mol. The number of rotatable bonds is 4. The predicted octanol–water partition coefficient (Wildman–Crippen LogP) is 2.79. The van der Waals surface area contributed by atoms with Crippen LogP contribution < -0.4 is 0 Å². The van der Waals surface area contributed by atoms with Crippen LogP contribution in [-0.4, -0.2) is 32.8 Å². The third-order valence-corrected chi connectivity index (χ3v) is 5.02. The van der Waals surface area contributed by atoms with Gasteiger partial charge in [0.15, 0.2) is 0 Å². The Balaban J connectivity index is 2.22. The maximum atomic E-state index is 12.3. The van der Waals surface area contributed by atoms with Gasteiger partial charge in [-0.05, 0) is 49.4 Å². The maximum Gasteiger partial charge on any atom is 0.261 e. The Labute approximate surface area is 124 Å². The molecular weight excluding hydrogens is 298 g/mol. The smallest absolute Gasteiger partial charge is 0.261 e. The van der Waals surface area contributed by atoms with Crippen LogP contribution in [0.3, 0.4) is 0 Å². The second-order valence-corrected chi connectivity index (χ2v) is 8.02. The van der Waals surface area contributed by atoms with E-state index in [4.69, 9.17) is 10.7 Å². The normalized spacial score (nSPS) is 15.8. The standard InChI is InChI=1S/C14H18ClNO3S/c1-10-6-12(8-13(7-10)20(15,18)19)14(17)16(2)9-11-4-3-5-11/h6-8,11H,3-5,9H2,1-2H3. The van der Waals surface area contributed by atoms with Crippen molar-refractivity contribution in [1.29, 1.82) is 0 Å². The fourth-order valence-electron chi connectivity index (χ4n) is 2.38. The Kier molecular flexibility index (Phi) is 4.39. The van der Waals surface area contributed by atoms with E-state index >= 15 is 0 Å². The molecule has 0 atom stereocenters. The highest BCUT2D eigenvalue weighted by atomic mass is 35.7. The molecule has 110 valence electrons. The lowest BCUT2D eigenvalue weighted by Crippen LogP contribution is -2.34. The summed E-state index contributed by atoms with van der Waals surface area (Å²) in [6.45, 7) is 2.46. The van der Waals surface area contributed by atoms with E-state index < -0.39 is 9.05 Å². The van der Waals surface area contributed by atoms with Crippen molar-refractivity contribution in [2.45, 2.75) is 31.1 Å². The molecule has 20 heavy (non-hydrogen) atoms. The molecule has 1 aliphatic carbocycles. The molecule has 0 radical (unpaired) electrons. The van der Waals surface area contributed by atoms with Crippen molar-refractivity contribution in [3.63, 3.8) is 0 Å². The van der Waals surface area contributed by atoms with Gasteiger partial charge in [-0.3, -0.25) is 4.79 Å². The number of hydrogen-bond acceptors (Lipinski definition) is 3. The van der Waals surface area contributed by atoms with Gasteiger partial charge in [-0.15, -0.1) is 0 Å². The summed E-state index contributed by atoms with van der Waals surface area (Å²) in [6, 6.07) is 4.49. The zero-order chi connectivity index (χ0) is 14.9. The number of benzene rings is 1. The van der Waals surface area contributed by atoms with Gasteiger partial charge in [0.25, 0.3) is 15.0 Å². The molecule has 4 nitrogen and oxygen atoms in total. The lowest BCUT2D eigenvalue weighted by Gasteiger charge is -2.30. The summed E-state index contributed by atoms with van der Waals surface area (Å²) in [7, 11) is 3.28. The van der Waals surface area contributed by atoms with E-state index in [1.807, 2.05) is 0 Å². The SMILES string of the molecule is Cc1cc(C(=O)N(C)CC2CCC2)cc(S(=O)(=O)Cl)c1. The summed E-state index contributed by atoms with van der Waals surface area (Å²) in [5.41, 5.74) is 1.07. The molecule has 6 heteroatoms. The Morgan fingerprint density at radius 2 is 2.00 bits per heavy atom. The third kappa shape index (κ3) is 3.52. The average Bonchev–Trinajstić information content (AvgIpc) is 2.30. The largest absolute Gasteiger partial charge is 0.341 e. The first-order chi connectivity index (χ1) is 9.27. The van der Waals surface area contributed by atoms with E-state index in [9.17, 15) is 13.2 Å². The molecule has 1 fully saturated rings. The number of amides is 1. The van der Waals surface area contributed by atoms with Crippen molar-refractivity contribution in [2.75, 3.05) is 13.6 Å². The first-order valence-electron chi connectivity index (χ1n) is 6.59. The van der Waals surface area contributed by atoms with Gasteiger partial charge in [0, 0.05) is 29.8 Å². The first-order valence-corrected chi connectivity index (χ1v) is 8.90. The van der Waals surface area contributed by atoms with Crippen molar-refractivity contribution < 1.29 is 13.2 Å². The highest BCUT2D eigenvalue weighted by Gasteiger charge is 2.23. The van der Waals surface area contributed by atoms with Gasteiger partial charge in [0.1, 0.15) is 0 Å². The molecule has 0 aliphatic heterocycles. The van der Waals surface area contributed by atoms with Crippen molar-refractivity contribution in [3.8, 4) is 0 Å². The number of nitrogens with zero attached hydrogens (tertiary/aromatic N) is 1. The molecule has 2 rings (SSSR count). The summed E-state index contributed by atoms with van der Waals surface area (Å²) >= 11 is 0.